The topological polar surface area (TPSA) is 209 Å². The Kier molecular flexibility index (Phi) is 24.3. The Hall–Kier alpha value is -4.78. The number of nitro benzene ring substituents is 3. The van der Waals surface area contributed by atoms with Gasteiger partial charge in [-0.15, -0.1) is 0 Å². The quantitative estimate of drug-likeness (QED) is 0.0923. The zero-order chi connectivity index (χ0) is 38.0. The Labute approximate surface area is 329 Å². The number of anilines is 2. The zero-order valence-corrected chi connectivity index (χ0v) is 31.6. The monoisotopic (exact) mass is 747 g/mol. The molecule has 2 N–H and O–H groups in total. The molecule has 0 spiro atoms. The molecule has 0 bridgehead atoms. The Morgan fingerprint density at radius 2 is 0.981 bits per heavy atom. The van der Waals surface area contributed by atoms with Crippen LogP contribution in [0.2, 0.25) is 0 Å². The van der Waals surface area contributed by atoms with Crippen molar-refractivity contribution in [3.05, 3.63) is 133 Å². The van der Waals surface area contributed by atoms with Gasteiger partial charge >= 0.3 is 29.6 Å². The van der Waals surface area contributed by atoms with Crippen LogP contribution < -0.4 is 55.2 Å². The van der Waals surface area contributed by atoms with Gasteiger partial charge < -0.3 is 30.6 Å². The Balaban J connectivity index is 0.000000337. The summed E-state index contributed by atoms with van der Waals surface area (Å²) in [7, 11) is 0. The minimum absolute atomic E-state index is 0. The molecule has 4 heterocycles. The van der Waals surface area contributed by atoms with Crippen LogP contribution in [0.3, 0.4) is 0 Å². The van der Waals surface area contributed by atoms with Gasteiger partial charge in [-0.3, -0.25) is 35.1 Å². The van der Waals surface area contributed by atoms with Crippen molar-refractivity contribution >= 4 is 34.9 Å². The van der Waals surface area contributed by atoms with E-state index >= 15 is 0 Å². The van der Waals surface area contributed by atoms with E-state index in [4.69, 9.17) is 10.1 Å². The molecule has 3 aromatic rings. The Morgan fingerprint density at radius 3 is 1.28 bits per heavy atom. The van der Waals surface area contributed by atoms with E-state index < -0.39 is 10.7 Å². The van der Waals surface area contributed by atoms with Gasteiger partial charge in [0.25, 0.3) is 23.5 Å². The summed E-state index contributed by atoms with van der Waals surface area (Å²) in [6.07, 6.45) is 13.6. The molecule has 3 aromatic carbocycles. The maximum absolute atomic E-state index is 12.1. The standard InChI is InChI=1S/C10H12N2O2.C10H10N2O2.C6H4FNO2.C4H9N.C4H7N.CH2O3.Na/c2*13-12(14)10-5-3-9(4-6-10)11-7-1-2-8-11;7-5-1-3-6(4-2-5)8(9)10;2*1-2-4-5-3-1;2-1-4-3;/h3-6H,1-2,7-8H2;1-6H,7-8H2;1-4H;5H,1-4H2;1-2,5H,3-4H2;1,3H;/q;;;;;;+1/p-1. The summed E-state index contributed by atoms with van der Waals surface area (Å²) in [5.41, 5.74) is 2.32. The first-order chi connectivity index (χ1) is 25.2. The van der Waals surface area contributed by atoms with Crippen LogP contribution in [0, 0.1) is 36.2 Å². The fourth-order valence-corrected chi connectivity index (χ4v) is 4.84. The molecule has 0 saturated carbocycles. The molecule has 2 fully saturated rings. The summed E-state index contributed by atoms with van der Waals surface area (Å²) in [4.78, 5) is 45.2. The number of carbonyl (C=O) groups is 1. The van der Waals surface area contributed by atoms with E-state index in [2.05, 4.69) is 49.6 Å². The first-order valence-corrected chi connectivity index (χ1v) is 16.5. The Bertz CT molecular complexity index is 1480. The molecule has 7 rings (SSSR count). The SMILES string of the molecule is C1=CCNC1.C1CCNC1.O=CO[O-].O=[N+]([O-])c1ccc(F)cc1.O=[N+]([O-])c1ccc(N2CC=CC2)cc1.O=[N+]([O-])c1ccc(N2CCCC2)cc1.[Na+]. The average Bonchev–Trinajstić information content (AvgIpc) is 4.02. The fraction of sp³-hybridized carbons (Fsp3) is 0.343. The van der Waals surface area contributed by atoms with Crippen LogP contribution in [0.5, 0.6) is 0 Å². The largest absolute Gasteiger partial charge is 1.00 e. The van der Waals surface area contributed by atoms with Gasteiger partial charge in [-0.1, -0.05) is 24.3 Å². The van der Waals surface area contributed by atoms with Crippen molar-refractivity contribution in [2.45, 2.75) is 25.7 Å². The van der Waals surface area contributed by atoms with Crippen molar-refractivity contribution in [1.82, 2.24) is 10.6 Å². The van der Waals surface area contributed by atoms with Crippen molar-refractivity contribution in [3.8, 4) is 0 Å². The van der Waals surface area contributed by atoms with E-state index in [0.29, 0.717) is 0 Å². The van der Waals surface area contributed by atoms with E-state index in [-0.39, 0.29) is 62.9 Å². The van der Waals surface area contributed by atoms with Crippen LogP contribution >= 0.6 is 0 Å². The summed E-state index contributed by atoms with van der Waals surface area (Å²) in [5.74, 6) is -0.467. The third kappa shape index (κ3) is 19.6. The van der Waals surface area contributed by atoms with Gasteiger partial charge in [0, 0.05) is 87.0 Å². The van der Waals surface area contributed by atoms with E-state index in [1.165, 1.54) is 50.9 Å². The van der Waals surface area contributed by atoms with Crippen molar-refractivity contribution < 1.29 is 63.7 Å². The van der Waals surface area contributed by atoms with Crippen LogP contribution in [-0.2, 0) is 9.68 Å². The van der Waals surface area contributed by atoms with Crippen LogP contribution in [0.15, 0.2) is 97.1 Å². The van der Waals surface area contributed by atoms with Gasteiger partial charge in [-0.2, -0.15) is 0 Å². The van der Waals surface area contributed by atoms with Gasteiger partial charge in [0.2, 0.25) is 0 Å². The molecular weight excluding hydrogens is 704 g/mol. The summed E-state index contributed by atoms with van der Waals surface area (Å²) in [5, 5.41) is 45.6. The zero-order valence-electron chi connectivity index (χ0n) is 29.6. The molecule has 18 heteroatoms. The van der Waals surface area contributed by atoms with E-state index in [0.717, 1.165) is 74.9 Å². The van der Waals surface area contributed by atoms with Crippen LogP contribution in [0.25, 0.3) is 0 Å². The van der Waals surface area contributed by atoms with E-state index in [9.17, 15) is 34.7 Å². The summed E-state index contributed by atoms with van der Waals surface area (Å²) in [6.45, 7) is 8.37. The van der Waals surface area contributed by atoms with Crippen molar-refractivity contribution in [3.63, 3.8) is 0 Å². The van der Waals surface area contributed by atoms with Gasteiger partial charge in [0.05, 0.1) is 14.8 Å². The molecule has 0 atom stereocenters. The number of rotatable bonds is 6. The van der Waals surface area contributed by atoms with Crippen molar-refractivity contribution in [2.75, 3.05) is 62.2 Å². The molecule has 4 aliphatic rings. The maximum Gasteiger partial charge on any atom is 1.00 e. The number of halogens is 1. The smallest absolute Gasteiger partial charge is 0.662 e. The van der Waals surface area contributed by atoms with Crippen molar-refractivity contribution in [1.29, 1.82) is 0 Å². The Morgan fingerprint density at radius 1 is 0.604 bits per heavy atom. The molecule has 53 heavy (non-hydrogen) atoms. The number of nitrogens with one attached hydrogen (secondary N) is 2. The third-order valence-corrected chi connectivity index (χ3v) is 7.50. The van der Waals surface area contributed by atoms with E-state index in [1.54, 1.807) is 24.3 Å². The number of hydrogen-bond acceptors (Lipinski definition) is 13. The third-order valence-electron chi connectivity index (χ3n) is 7.50. The number of benzene rings is 3. The number of nitrogens with zero attached hydrogens (tertiary/aromatic N) is 5. The summed E-state index contributed by atoms with van der Waals surface area (Å²) < 4.78 is 12.1. The minimum atomic E-state index is -0.570. The predicted molar refractivity (Wildman–Crippen MR) is 193 cm³/mol. The second-order valence-corrected chi connectivity index (χ2v) is 11.1. The fourth-order valence-electron chi connectivity index (χ4n) is 4.84. The first kappa shape index (κ1) is 46.2. The molecule has 280 valence electrons. The van der Waals surface area contributed by atoms with Gasteiger partial charge in [-0.25, -0.2) is 4.39 Å². The number of nitro groups is 3. The molecule has 16 nitrogen and oxygen atoms in total. The summed E-state index contributed by atoms with van der Waals surface area (Å²) in [6, 6.07) is 17.8. The molecule has 0 aromatic heterocycles. The normalized spacial score (nSPS) is 14.5. The molecule has 4 aliphatic heterocycles. The average molecular weight is 748 g/mol. The predicted octanol–water partition coefficient (Wildman–Crippen LogP) is 1.85. The number of hydrogen-bond donors (Lipinski definition) is 2. The minimum Gasteiger partial charge on any atom is -0.662 e. The summed E-state index contributed by atoms with van der Waals surface area (Å²) >= 11 is 0. The van der Waals surface area contributed by atoms with Crippen LogP contribution in [0.4, 0.5) is 32.8 Å². The molecule has 0 amide bonds. The molecule has 0 aliphatic carbocycles. The van der Waals surface area contributed by atoms with Crippen LogP contribution in [-0.4, -0.2) is 73.6 Å². The van der Waals surface area contributed by atoms with Crippen LogP contribution in [0.1, 0.15) is 25.7 Å². The van der Waals surface area contributed by atoms with E-state index in [1.807, 2.05) is 12.1 Å². The molecule has 2 saturated heterocycles. The molecular formula is C35H43FN7NaO9. The van der Waals surface area contributed by atoms with Gasteiger partial charge in [0.1, 0.15) is 5.82 Å². The number of non-ortho nitro benzene ring substituents is 3. The molecule has 0 unspecified atom stereocenters. The second kappa shape index (κ2) is 27.8. The second-order valence-electron chi connectivity index (χ2n) is 11.1. The molecule has 0 radical (unpaired) electrons. The van der Waals surface area contributed by atoms with Crippen molar-refractivity contribution in [2.24, 2.45) is 0 Å². The first-order valence-electron chi connectivity index (χ1n) is 16.5. The van der Waals surface area contributed by atoms with Gasteiger partial charge in [0.15, 0.2) is 0 Å². The maximum atomic E-state index is 12.1. The van der Waals surface area contributed by atoms with Gasteiger partial charge in [-0.05, 0) is 75.2 Å². The number of carbonyl (C=O) groups excluding carboxylic acids is 1.